The van der Waals surface area contributed by atoms with E-state index in [-0.39, 0.29) is 17.6 Å². The maximum atomic E-state index is 14.0. The molecule has 0 saturated carbocycles. The molecule has 138 valence electrons. The molecule has 0 bridgehead atoms. The summed E-state index contributed by atoms with van der Waals surface area (Å²) in [5.74, 6) is -0.0354. The highest BCUT2D eigenvalue weighted by molar-refractivity contribution is 6.31. The zero-order valence-electron chi connectivity index (χ0n) is 15.0. The number of halogens is 2. The Kier molecular flexibility index (Phi) is 6.28. The Morgan fingerprint density at radius 2 is 1.85 bits per heavy atom. The first-order valence-electron chi connectivity index (χ1n) is 8.98. The van der Waals surface area contributed by atoms with E-state index < -0.39 is 0 Å². The van der Waals surface area contributed by atoms with Crippen LogP contribution in [0.3, 0.4) is 0 Å². The second-order valence-corrected chi connectivity index (χ2v) is 7.34. The van der Waals surface area contributed by atoms with Crippen molar-refractivity contribution in [1.82, 2.24) is 9.80 Å². The van der Waals surface area contributed by atoms with Gasteiger partial charge in [0.2, 0.25) is 5.91 Å². The van der Waals surface area contributed by atoms with Crippen molar-refractivity contribution in [3.63, 3.8) is 0 Å². The highest BCUT2D eigenvalue weighted by Crippen LogP contribution is 2.25. The summed E-state index contributed by atoms with van der Waals surface area (Å²) in [5.41, 5.74) is 1.68. The Bertz CT molecular complexity index is 725. The lowest BCUT2D eigenvalue weighted by molar-refractivity contribution is -0.136. The number of hydrogen-bond acceptors (Lipinski definition) is 2. The molecule has 1 saturated heterocycles. The number of piperidine rings is 1. The zero-order valence-corrected chi connectivity index (χ0v) is 15.8. The molecule has 2 aromatic rings. The Morgan fingerprint density at radius 1 is 1.15 bits per heavy atom. The molecule has 2 aromatic carbocycles. The fourth-order valence-corrected chi connectivity index (χ4v) is 3.71. The first kappa shape index (κ1) is 18.9. The topological polar surface area (TPSA) is 23.6 Å². The van der Waals surface area contributed by atoms with Crippen LogP contribution in [0.1, 0.15) is 24.0 Å². The molecule has 0 atom stereocenters. The van der Waals surface area contributed by atoms with Crippen LogP contribution in [-0.2, 0) is 17.9 Å². The number of carbonyl (C=O) groups excluding carboxylic acids is 1. The van der Waals surface area contributed by atoms with Gasteiger partial charge in [-0.3, -0.25) is 9.69 Å². The molecule has 5 heteroatoms. The van der Waals surface area contributed by atoms with Gasteiger partial charge in [-0.2, -0.15) is 0 Å². The van der Waals surface area contributed by atoms with Crippen LogP contribution in [0.25, 0.3) is 0 Å². The fourth-order valence-electron chi connectivity index (χ4n) is 3.49. The van der Waals surface area contributed by atoms with Crippen molar-refractivity contribution in [2.75, 3.05) is 20.1 Å². The SMILES string of the molecule is CN(Cc1ccccc1)C(=O)C1CCN(Cc2c(F)cccc2Cl)CC1. The van der Waals surface area contributed by atoms with Crippen LogP contribution in [0.2, 0.25) is 5.02 Å². The van der Waals surface area contributed by atoms with Gasteiger partial charge in [0.15, 0.2) is 0 Å². The molecule has 0 unspecified atom stereocenters. The van der Waals surface area contributed by atoms with Crippen LogP contribution in [0.4, 0.5) is 4.39 Å². The predicted molar refractivity (Wildman–Crippen MR) is 102 cm³/mol. The van der Waals surface area contributed by atoms with Gasteiger partial charge in [-0.15, -0.1) is 0 Å². The fraction of sp³-hybridized carbons (Fsp3) is 0.381. The highest BCUT2D eigenvalue weighted by atomic mass is 35.5. The summed E-state index contributed by atoms with van der Waals surface area (Å²) >= 11 is 6.12. The summed E-state index contributed by atoms with van der Waals surface area (Å²) in [6.07, 6.45) is 1.59. The van der Waals surface area contributed by atoms with E-state index in [0.29, 0.717) is 23.7 Å². The molecule has 1 fully saturated rings. The van der Waals surface area contributed by atoms with Crippen molar-refractivity contribution >= 4 is 17.5 Å². The molecule has 3 rings (SSSR count). The van der Waals surface area contributed by atoms with Crippen molar-refractivity contribution < 1.29 is 9.18 Å². The minimum absolute atomic E-state index is 0.0380. The molecule has 0 radical (unpaired) electrons. The third-order valence-electron chi connectivity index (χ3n) is 5.02. The van der Waals surface area contributed by atoms with E-state index in [1.54, 1.807) is 12.1 Å². The lowest BCUT2D eigenvalue weighted by Gasteiger charge is -2.33. The molecule has 1 aliphatic rings. The van der Waals surface area contributed by atoms with Crippen molar-refractivity contribution in [3.05, 3.63) is 70.5 Å². The number of benzene rings is 2. The van der Waals surface area contributed by atoms with Crippen molar-refractivity contribution in [2.24, 2.45) is 5.92 Å². The molecular weight excluding hydrogens is 351 g/mol. The second-order valence-electron chi connectivity index (χ2n) is 6.93. The van der Waals surface area contributed by atoms with Crippen LogP contribution in [-0.4, -0.2) is 35.8 Å². The van der Waals surface area contributed by atoms with Gasteiger partial charge >= 0.3 is 0 Å². The number of nitrogens with zero attached hydrogens (tertiary/aromatic N) is 2. The number of hydrogen-bond donors (Lipinski definition) is 0. The molecule has 1 amide bonds. The van der Waals surface area contributed by atoms with Gasteiger partial charge in [0.25, 0.3) is 0 Å². The van der Waals surface area contributed by atoms with Crippen LogP contribution in [0.5, 0.6) is 0 Å². The summed E-state index contributed by atoms with van der Waals surface area (Å²) < 4.78 is 14.0. The summed E-state index contributed by atoms with van der Waals surface area (Å²) in [6, 6.07) is 14.8. The molecule has 0 spiro atoms. The standard InChI is InChI=1S/C21H24ClFN2O/c1-24(14-16-6-3-2-4-7-16)21(26)17-10-12-25(13-11-17)15-18-19(22)8-5-9-20(18)23/h2-9,17H,10-15H2,1H3. The lowest BCUT2D eigenvalue weighted by Crippen LogP contribution is -2.40. The first-order valence-corrected chi connectivity index (χ1v) is 9.36. The lowest BCUT2D eigenvalue weighted by atomic mass is 9.95. The van der Waals surface area contributed by atoms with E-state index in [1.807, 2.05) is 42.3 Å². The minimum Gasteiger partial charge on any atom is -0.341 e. The van der Waals surface area contributed by atoms with Gasteiger partial charge in [0.05, 0.1) is 0 Å². The maximum Gasteiger partial charge on any atom is 0.225 e. The van der Waals surface area contributed by atoms with Crippen molar-refractivity contribution in [2.45, 2.75) is 25.9 Å². The van der Waals surface area contributed by atoms with Crippen LogP contribution < -0.4 is 0 Å². The number of rotatable bonds is 5. The average Bonchev–Trinajstić information content (AvgIpc) is 2.65. The van der Waals surface area contributed by atoms with E-state index in [1.165, 1.54) is 6.07 Å². The summed E-state index contributed by atoms with van der Waals surface area (Å²) in [6.45, 7) is 2.68. The monoisotopic (exact) mass is 374 g/mol. The Hall–Kier alpha value is -1.91. The Balaban J connectivity index is 1.52. The summed E-state index contributed by atoms with van der Waals surface area (Å²) in [7, 11) is 1.86. The van der Waals surface area contributed by atoms with Crippen LogP contribution in [0.15, 0.2) is 48.5 Å². The van der Waals surface area contributed by atoms with E-state index >= 15 is 0 Å². The predicted octanol–water partition coefficient (Wildman–Crippen LogP) is 4.35. The van der Waals surface area contributed by atoms with E-state index in [2.05, 4.69) is 4.90 Å². The quantitative estimate of drug-likeness (QED) is 0.776. The van der Waals surface area contributed by atoms with Gasteiger partial charge in [-0.25, -0.2) is 4.39 Å². The van der Waals surface area contributed by atoms with Crippen molar-refractivity contribution in [3.8, 4) is 0 Å². The molecule has 0 aliphatic carbocycles. The number of carbonyl (C=O) groups is 1. The number of amides is 1. The smallest absolute Gasteiger partial charge is 0.225 e. The molecule has 1 heterocycles. The zero-order chi connectivity index (χ0) is 18.5. The molecule has 0 aromatic heterocycles. The van der Waals surface area contributed by atoms with Gasteiger partial charge in [0.1, 0.15) is 5.82 Å². The summed E-state index contributed by atoms with van der Waals surface area (Å²) in [5, 5.41) is 0.464. The van der Waals surface area contributed by atoms with E-state index in [9.17, 15) is 9.18 Å². The van der Waals surface area contributed by atoms with Crippen LogP contribution in [0, 0.1) is 11.7 Å². The maximum absolute atomic E-state index is 14.0. The minimum atomic E-state index is -0.265. The third-order valence-corrected chi connectivity index (χ3v) is 5.37. The van der Waals surface area contributed by atoms with E-state index in [4.69, 9.17) is 11.6 Å². The largest absolute Gasteiger partial charge is 0.341 e. The second kappa shape index (κ2) is 8.65. The van der Waals surface area contributed by atoms with E-state index in [0.717, 1.165) is 31.5 Å². The molecule has 1 aliphatic heterocycles. The van der Waals surface area contributed by atoms with Gasteiger partial charge < -0.3 is 4.90 Å². The number of likely N-dealkylation sites (tertiary alicyclic amines) is 1. The van der Waals surface area contributed by atoms with Crippen molar-refractivity contribution in [1.29, 1.82) is 0 Å². The van der Waals surface area contributed by atoms with Crippen LogP contribution >= 0.6 is 11.6 Å². The van der Waals surface area contributed by atoms with Gasteiger partial charge in [0, 0.05) is 36.6 Å². The van der Waals surface area contributed by atoms with Gasteiger partial charge in [-0.1, -0.05) is 48.0 Å². The summed E-state index contributed by atoms with van der Waals surface area (Å²) in [4.78, 5) is 16.7. The molecular formula is C21H24ClFN2O. The third kappa shape index (κ3) is 4.63. The Labute approximate surface area is 159 Å². The normalized spacial score (nSPS) is 15.8. The van der Waals surface area contributed by atoms with Gasteiger partial charge in [-0.05, 0) is 43.6 Å². The molecule has 26 heavy (non-hydrogen) atoms. The molecule has 3 nitrogen and oxygen atoms in total. The Morgan fingerprint density at radius 3 is 2.50 bits per heavy atom. The highest BCUT2D eigenvalue weighted by Gasteiger charge is 2.27. The average molecular weight is 375 g/mol. The first-order chi connectivity index (χ1) is 12.5. The molecule has 0 N–H and O–H groups in total.